The van der Waals surface area contributed by atoms with Gasteiger partial charge in [-0.25, -0.2) is 0 Å². The van der Waals surface area contributed by atoms with Crippen molar-refractivity contribution in [2.75, 3.05) is 6.26 Å². The van der Waals surface area contributed by atoms with E-state index in [1.165, 1.54) is 15.2 Å². The molecule has 14 heavy (non-hydrogen) atoms. The largest absolute Gasteiger partial charge is 0.506 e. The van der Waals surface area contributed by atoms with Gasteiger partial charge in [-0.1, -0.05) is 13.0 Å². The van der Waals surface area contributed by atoms with E-state index in [0.29, 0.717) is 5.75 Å². The molecule has 0 unspecified atom stereocenters. The lowest BCUT2D eigenvalue weighted by molar-refractivity contribution is 0.483. The van der Waals surface area contributed by atoms with Crippen molar-refractivity contribution in [3.63, 3.8) is 0 Å². The molecule has 0 aliphatic heterocycles. The maximum atomic E-state index is 9.74. The number of aryl methyl sites for hydroxylation is 1. The van der Waals surface area contributed by atoms with Gasteiger partial charge in [0.05, 0.1) is 4.70 Å². The van der Waals surface area contributed by atoms with Crippen LogP contribution in [0.25, 0.3) is 10.1 Å². The van der Waals surface area contributed by atoms with Crippen molar-refractivity contribution in [3.05, 3.63) is 23.1 Å². The number of thioether (sulfide) groups is 1. The van der Waals surface area contributed by atoms with Crippen LogP contribution in [0.1, 0.15) is 12.5 Å². The molecule has 0 saturated heterocycles. The van der Waals surface area contributed by atoms with E-state index >= 15 is 0 Å². The third kappa shape index (κ3) is 1.41. The van der Waals surface area contributed by atoms with Crippen LogP contribution < -0.4 is 0 Å². The summed E-state index contributed by atoms with van der Waals surface area (Å²) in [6.07, 6.45) is 3.03. The Morgan fingerprint density at radius 1 is 1.43 bits per heavy atom. The molecule has 2 aromatic rings. The van der Waals surface area contributed by atoms with E-state index in [1.54, 1.807) is 23.1 Å². The third-order valence-electron chi connectivity index (χ3n) is 2.35. The molecule has 1 N–H and O–H groups in total. The Kier molecular flexibility index (Phi) is 2.70. The monoisotopic (exact) mass is 224 g/mol. The van der Waals surface area contributed by atoms with Crippen LogP contribution in [0.5, 0.6) is 5.75 Å². The van der Waals surface area contributed by atoms with E-state index in [2.05, 4.69) is 25.3 Å². The molecule has 1 nitrogen and oxygen atoms in total. The third-order valence-corrected chi connectivity index (χ3v) is 4.26. The molecule has 0 spiro atoms. The Morgan fingerprint density at radius 3 is 2.86 bits per heavy atom. The van der Waals surface area contributed by atoms with E-state index < -0.39 is 0 Å². The lowest BCUT2D eigenvalue weighted by Crippen LogP contribution is -1.82. The van der Waals surface area contributed by atoms with Gasteiger partial charge in [-0.05, 0) is 24.3 Å². The molecule has 0 atom stereocenters. The molecule has 0 fully saturated rings. The maximum Gasteiger partial charge on any atom is 0.134 e. The molecule has 0 bridgehead atoms. The Bertz CT molecular complexity index is 460. The van der Waals surface area contributed by atoms with Crippen molar-refractivity contribution in [1.82, 2.24) is 0 Å². The Hall–Kier alpha value is -0.670. The van der Waals surface area contributed by atoms with Crippen LogP contribution in [0.2, 0.25) is 0 Å². The van der Waals surface area contributed by atoms with E-state index in [4.69, 9.17) is 0 Å². The highest BCUT2D eigenvalue weighted by Gasteiger charge is 2.10. The summed E-state index contributed by atoms with van der Waals surface area (Å²) in [6, 6.07) is 4.25. The van der Waals surface area contributed by atoms with Crippen LogP contribution in [-0.4, -0.2) is 11.4 Å². The van der Waals surface area contributed by atoms with Gasteiger partial charge in [-0.3, -0.25) is 0 Å². The highest BCUT2D eigenvalue weighted by molar-refractivity contribution is 7.99. The zero-order chi connectivity index (χ0) is 10.1. The van der Waals surface area contributed by atoms with E-state index in [9.17, 15) is 5.11 Å². The van der Waals surface area contributed by atoms with Crippen molar-refractivity contribution < 1.29 is 5.11 Å². The van der Waals surface area contributed by atoms with Gasteiger partial charge in [0.15, 0.2) is 0 Å². The molecule has 3 heteroatoms. The van der Waals surface area contributed by atoms with Crippen LogP contribution >= 0.6 is 23.1 Å². The normalized spacial score (nSPS) is 11.0. The number of aromatic hydroxyl groups is 1. The predicted molar refractivity (Wildman–Crippen MR) is 64.6 cm³/mol. The van der Waals surface area contributed by atoms with Crippen LogP contribution in [-0.2, 0) is 6.42 Å². The van der Waals surface area contributed by atoms with E-state index in [0.717, 1.165) is 11.8 Å². The van der Waals surface area contributed by atoms with Crippen molar-refractivity contribution in [1.29, 1.82) is 0 Å². The van der Waals surface area contributed by atoms with Crippen molar-refractivity contribution in [3.8, 4) is 5.75 Å². The molecule has 0 saturated carbocycles. The molecule has 0 aliphatic rings. The summed E-state index contributed by atoms with van der Waals surface area (Å²) in [6.45, 7) is 2.12. The smallest absolute Gasteiger partial charge is 0.134 e. The van der Waals surface area contributed by atoms with E-state index in [-0.39, 0.29) is 0 Å². The van der Waals surface area contributed by atoms with Crippen LogP contribution in [0.15, 0.2) is 22.4 Å². The van der Waals surface area contributed by atoms with Gasteiger partial charge in [0.25, 0.3) is 0 Å². The first-order valence-corrected chi connectivity index (χ1v) is 6.64. The summed E-state index contributed by atoms with van der Waals surface area (Å²) >= 11 is 3.35. The molecule has 74 valence electrons. The molecule has 0 aliphatic carbocycles. The molecular weight excluding hydrogens is 212 g/mol. The zero-order valence-corrected chi connectivity index (χ0v) is 9.84. The van der Waals surface area contributed by atoms with Crippen molar-refractivity contribution in [2.24, 2.45) is 0 Å². The SMILES string of the molecule is CCc1ccc(SC)c2scc(O)c12. The first kappa shape index (κ1) is 9.87. The van der Waals surface area contributed by atoms with Crippen LogP contribution in [0, 0.1) is 0 Å². The summed E-state index contributed by atoms with van der Waals surface area (Å²) < 4.78 is 1.22. The number of hydrogen-bond donors (Lipinski definition) is 1. The second-order valence-electron chi connectivity index (χ2n) is 3.11. The van der Waals surface area contributed by atoms with Gasteiger partial charge in [-0.2, -0.15) is 0 Å². The number of benzene rings is 1. The van der Waals surface area contributed by atoms with Gasteiger partial charge in [0, 0.05) is 15.7 Å². The number of hydrogen-bond acceptors (Lipinski definition) is 3. The molecule has 1 aromatic carbocycles. The van der Waals surface area contributed by atoms with Crippen molar-refractivity contribution in [2.45, 2.75) is 18.2 Å². The second-order valence-corrected chi connectivity index (χ2v) is 4.83. The summed E-state index contributed by atoms with van der Waals surface area (Å²) in [5.41, 5.74) is 1.23. The second kappa shape index (κ2) is 3.83. The molecule has 1 aromatic heterocycles. The lowest BCUT2D eigenvalue weighted by atomic mass is 10.1. The highest BCUT2D eigenvalue weighted by atomic mass is 32.2. The Labute approximate surface area is 91.8 Å². The van der Waals surface area contributed by atoms with Gasteiger partial charge in [0.1, 0.15) is 5.75 Å². The van der Waals surface area contributed by atoms with Crippen LogP contribution in [0.3, 0.4) is 0 Å². The minimum atomic E-state index is 0.428. The molecule has 1 heterocycles. The van der Waals surface area contributed by atoms with Crippen LogP contribution in [0.4, 0.5) is 0 Å². The zero-order valence-electron chi connectivity index (χ0n) is 8.20. The van der Waals surface area contributed by atoms with Gasteiger partial charge >= 0.3 is 0 Å². The fourth-order valence-corrected chi connectivity index (χ4v) is 3.40. The maximum absolute atomic E-state index is 9.74. The number of fused-ring (bicyclic) bond motifs is 1. The summed E-state index contributed by atoms with van der Waals surface area (Å²) in [4.78, 5) is 1.25. The summed E-state index contributed by atoms with van der Waals surface area (Å²) in [7, 11) is 0. The first-order valence-electron chi connectivity index (χ1n) is 4.54. The van der Waals surface area contributed by atoms with Gasteiger partial charge in [-0.15, -0.1) is 23.1 Å². The first-order chi connectivity index (χ1) is 6.77. The standard InChI is InChI=1S/C11H12OS2/c1-3-7-4-5-9(13-2)11-10(7)8(12)6-14-11/h4-6,12H,3H2,1-2H3. The minimum absolute atomic E-state index is 0.428. The number of rotatable bonds is 2. The minimum Gasteiger partial charge on any atom is -0.506 e. The van der Waals surface area contributed by atoms with Crippen molar-refractivity contribution >= 4 is 33.2 Å². The molecule has 2 rings (SSSR count). The molecule has 0 amide bonds. The van der Waals surface area contributed by atoms with E-state index in [1.807, 2.05) is 5.38 Å². The summed E-state index contributed by atoms with van der Waals surface area (Å²) in [5, 5.41) is 12.6. The average molecular weight is 224 g/mol. The van der Waals surface area contributed by atoms with Gasteiger partial charge < -0.3 is 5.11 Å². The summed E-state index contributed by atoms with van der Waals surface area (Å²) in [5.74, 6) is 0.428. The number of thiophene rings is 1. The predicted octanol–water partition coefficient (Wildman–Crippen LogP) is 3.89. The fourth-order valence-electron chi connectivity index (χ4n) is 1.63. The van der Waals surface area contributed by atoms with Gasteiger partial charge in [0.2, 0.25) is 0 Å². The lowest BCUT2D eigenvalue weighted by Gasteiger charge is -2.04. The topological polar surface area (TPSA) is 20.2 Å². The molecular formula is C11H12OS2. The Morgan fingerprint density at radius 2 is 2.21 bits per heavy atom. The quantitative estimate of drug-likeness (QED) is 0.781. The average Bonchev–Trinajstić information content (AvgIpc) is 2.60. The molecule has 0 radical (unpaired) electrons. The fraction of sp³-hybridized carbons (Fsp3) is 0.273. The Balaban J connectivity index is 2.81. The highest BCUT2D eigenvalue weighted by Crippen LogP contribution is 2.39.